The highest BCUT2D eigenvalue weighted by atomic mass is 16.1. The number of hydrogen-bond acceptors (Lipinski definition) is 4. The number of primary amides is 1. The average molecular weight is 223 g/mol. The van der Waals surface area contributed by atoms with Crippen molar-refractivity contribution in [3.05, 3.63) is 11.9 Å². The summed E-state index contributed by atoms with van der Waals surface area (Å²) in [4.78, 5) is 11.1. The predicted octanol–water partition coefficient (Wildman–Crippen LogP) is -0.789. The van der Waals surface area contributed by atoms with Crippen LogP contribution in [-0.4, -0.2) is 33.5 Å². The summed E-state index contributed by atoms with van der Waals surface area (Å²) in [7, 11) is 1.85. The summed E-state index contributed by atoms with van der Waals surface area (Å²) in [5.41, 5.74) is 6.28. The molecule has 1 saturated heterocycles. The molecular formula is C10H17N5O. The van der Waals surface area contributed by atoms with Gasteiger partial charge in [0.15, 0.2) is 0 Å². The van der Waals surface area contributed by atoms with Gasteiger partial charge >= 0.3 is 0 Å². The van der Waals surface area contributed by atoms with Crippen molar-refractivity contribution in [1.29, 1.82) is 0 Å². The zero-order valence-electron chi connectivity index (χ0n) is 9.39. The second-order valence-corrected chi connectivity index (χ2v) is 4.39. The lowest BCUT2D eigenvalue weighted by molar-refractivity contribution is -0.120. The lowest BCUT2D eigenvalue weighted by Crippen LogP contribution is -2.47. The molecule has 1 aromatic heterocycles. The van der Waals surface area contributed by atoms with Crippen molar-refractivity contribution >= 4 is 5.91 Å². The van der Waals surface area contributed by atoms with E-state index in [0.717, 1.165) is 31.5 Å². The quantitative estimate of drug-likeness (QED) is 0.703. The van der Waals surface area contributed by atoms with E-state index in [9.17, 15) is 4.79 Å². The summed E-state index contributed by atoms with van der Waals surface area (Å²) in [6, 6.07) is -0.185. The van der Waals surface area contributed by atoms with E-state index in [0.29, 0.717) is 5.92 Å². The standard InChI is InChI=1S/C10H17N5O/c1-15-6-8(13-14-15)4-7-2-3-12-9(5-7)10(11)16/h6-7,9,12H,2-5H2,1H3,(H2,11,16). The average Bonchev–Trinajstić information content (AvgIpc) is 2.64. The number of rotatable bonds is 3. The molecule has 1 amide bonds. The molecule has 0 aliphatic carbocycles. The van der Waals surface area contributed by atoms with Crippen molar-refractivity contribution < 1.29 is 4.79 Å². The zero-order chi connectivity index (χ0) is 11.5. The lowest BCUT2D eigenvalue weighted by atomic mass is 9.88. The zero-order valence-corrected chi connectivity index (χ0v) is 9.39. The van der Waals surface area contributed by atoms with Gasteiger partial charge in [0.2, 0.25) is 5.91 Å². The highest BCUT2D eigenvalue weighted by molar-refractivity contribution is 5.79. The number of nitrogens with one attached hydrogen (secondary N) is 1. The van der Waals surface area contributed by atoms with Crippen LogP contribution in [0.2, 0.25) is 0 Å². The summed E-state index contributed by atoms with van der Waals surface area (Å²) in [5.74, 6) is 0.208. The van der Waals surface area contributed by atoms with Crippen molar-refractivity contribution in [1.82, 2.24) is 20.3 Å². The highest BCUT2D eigenvalue weighted by Crippen LogP contribution is 2.19. The fraction of sp³-hybridized carbons (Fsp3) is 0.700. The third-order valence-electron chi connectivity index (χ3n) is 3.00. The van der Waals surface area contributed by atoms with Gasteiger partial charge in [0, 0.05) is 13.2 Å². The molecule has 88 valence electrons. The van der Waals surface area contributed by atoms with Crippen molar-refractivity contribution in [2.75, 3.05) is 6.54 Å². The van der Waals surface area contributed by atoms with Crippen molar-refractivity contribution in [3.8, 4) is 0 Å². The van der Waals surface area contributed by atoms with Crippen molar-refractivity contribution in [2.45, 2.75) is 25.3 Å². The van der Waals surface area contributed by atoms with Crippen LogP contribution in [0.1, 0.15) is 18.5 Å². The molecule has 0 saturated carbocycles. The Hall–Kier alpha value is -1.43. The maximum absolute atomic E-state index is 11.1. The van der Waals surface area contributed by atoms with Gasteiger partial charge in [-0.3, -0.25) is 9.48 Å². The molecule has 1 aliphatic rings. The summed E-state index contributed by atoms with van der Waals surface area (Å²) in [5, 5.41) is 11.1. The minimum Gasteiger partial charge on any atom is -0.368 e. The van der Waals surface area contributed by atoms with Gasteiger partial charge in [0.25, 0.3) is 0 Å². The van der Waals surface area contributed by atoms with Gasteiger partial charge < -0.3 is 11.1 Å². The second kappa shape index (κ2) is 4.61. The number of aromatic nitrogens is 3. The van der Waals surface area contributed by atoms with E-state index in [-0.39, 0.29) is 11.9 Å². The van der Waals surface area contributed by atoms with Crippen LogP contribution in [-0.2, 0) is 18.3 Å². The largest absolute Gasteiger partial charge is 0.368 e. The van der Waals surface area contributed by atoms with Crippen LogP contribution in [0.5, 0.6) is 0 Å². The second-order valence-electron chi connectivity index (χ2n) is 4.39. The summed E-state index contributed by atoms with van der Waals surface area (Å²) in [6.07, 6.45) is 4.65. The summed E-state index contributed by atoms with van der Waals surface area (Å²) >= 11 is 0. The minimum absolute atomic E-state index is 0.185. The van der Waals surface area contributed by atoms with E-state index in [1.165, 1.54) is 0 Å². The molecular weight excluding hydrogens is 206 g/mol. The number of carbonyl (C=O) groups is 1. The van der Waals surface area contributed by atoms with E-state index in [2.05, 4.69) is 15.6 Å². The predicted molar refractivity (Wildman–Crippen MR) is 58.4 cm³/mol. The van der Waals surface area contributed by atoms with Crippen LogP contribution >= 0.6 is 0 Å². The third-order valence-corrected chi connectivity index (χ3v) is 3.00. The van der Waals surface area contributed by atoms with Crippen LogP contribution in [0.3, 0.4) is 0 Å². The fourth-order valence-corrected chi connectivity index (χ4v) is 2.18. The monoisotopic (exact) mass is 223 g/mol. The number of nitrogens with zero attached hydrogens (tertiary/aromatic N) is 3. The maximum atomic E-state index is 11.1. The van der Waals surface area contributed by atoms with Crippen molar-refractivity contribution in [3.63, 3.8) is 0 Å². The number of carbonyl (C=O) groups excluding carboxylic acids is 1. The first-order chi connectivity index (χ1) is 7.65. The van der Waals surface area contributed by atoms with Crippen LogP contribution < -0.4 is 11.1 Å². The number of hydrogen-bond donors (Lipinski definition) is 2. The Labute approximate surface area is 94.2 Å². The molecule has 2 atom stereocenters. The first-order valence-corrected chi connectivity index (χ1v) is 5.53. The molecule has 0 bridgehead atoms. The molecule has 3 N–H and O–H groups in total. The molecule has 1 aliphatic heterocycles. The van der Waals surface area contributed by atoms with E-state index < -0.39 is 0 Å². The summed E-state index contributed by atoms with van der Waals surface area (Å²) < 4.78 is 1.70. The van der Waals surface area contributed by atoms with Crippen molar-refractivity contribution in [2.24, 2.45) is 18.7 Å². The molecule has 2 unspecified atom stereocenters. The molecule has 2 heterocycles. The van der Waals surface area contributed by atoms with E-state index in [1.54, 1.807) is 4.68 Å². The van der Waals surface area contributed by atoms with Crippen LogP contribution in [0, 0.1) is 5.92 Å². The molecule has 0 radical (unpaired) electrons. The molecule has 1 aromatic rings. The fourth-order valence-electron chi connectivity index (χ4n) is 2.18. The molecule has 2 rings (SSSR count). The Bertz CT molecular complexity index is 375. The molecule has 0 spiro atoms. The number of aryl methyl sites for hydroxylation is 1. The first kappa shape index (κ1) is 11.1. The Balaban J connectivity index is 1.92. The number of amides is 1. The van der Waals surface area contributed by atoms with Crippen LogP contribution in [0.4, 0.5) is 0 Å². The molecule has 16 heavy (non-hydrogen) atoms. The van der Waals surface area contributed by atoms with Gasteiger partial charge in [0.1, 0.15) is 0 Å². The van der Waals surface area contributed by atoms with E-state index in [4.69, 9.17) is 5.73 Å². The SMILES string of the molecule is Cn1cc(CC2CCNC(C(N)=O)C2)nn1. The van der Waals surface area contributed by atoms with E-state index >= 15 is 0 Å². The Kier molecular flexibility index (Phi) is 3.19. The van der Waals surface area contributed by atoms with Crippen LogP contribution in [0.25, 0.3) is 0 Å². The van der Waals surface area contributed by atoms with Gasteiger partial charge in [-0.15, -0.1) is 5.10 Å². The molecule has 6 heteroatoms. The topological polar surface area (TPSA) is 85.8 Å². The molecule has 1 fully saturated rings. The highest BCUT2D eigenvalue weighted by Gasteiger charge is 2.25. The Morgan fingerprint density at radius 2 is 2.56 bits per heavy atom. The molecule has 0 aromatic carbocycles. The number of nitrogens with two attached hydrogens (primary N) is 1. The van der Waals surface area contributed by atoms with Gasteiger partial charge in [-0.25, -0.2) is 0 Å². The van der Waals surface area contributed by atoms with Crippen LogP contribution in [0.15, 0.2) is 6.20 Å². The molecule has 6 nitrogen and oxygen atoms in total. The van der Waals surface area contributed by atoms with Gasteiger partial charge in [0.05, 0.1) is 11.7 Å². The Morgan fingerprint density at radius 1 is 1.75 bits per heavy atom. The minimum atomic E-state index is -0.260. The number of piperidine rings is 1. The normalized spacial score (nSPS) is 25.6. The van der Waals surface area contributed by atoms with Gasteiger partial charge in [-0.2, -0.15) is 0 Å². The first-order valence-electron chi connectivity index (χ1n) is 5.53. The van der Waals surface area contributed by atoms with E-state index in [1.807, 2.05) is 13.2 Å². The summed E-state index contributed by atoms with van der Waals surface area (Å²) in [6.45, 7) is 0.846. The Morgan fingerprint density at radius 3 is 3.19 bits per heavy atom. The van der Waals surface area contributed by atoms with Gasteiger partial charge in [-0.05, 0) is 31.7 Å². The smallest absolute Gasteiger partial charge is 0.234 e. The van der Waals surface area contributed by atoms with Gasteiger partial charge in [-0.1, -0.05) is 5.21 Å². The third kappa shape index (κ3) is 2.57. The maximum Gasteiger partial charge on any atom is 0.234 e. The lowest BCUT2D eigenvalue weighted by Gasteiger charge is -2.27.